The largest absolute Gasteiger partial charge is 0.423 e. The maximum absolute atomic E-state index is 12.5. The van der Waals surface area contributed by atoms with E-state index in [1.807, 2.05) is 37.3 Å². The predicted molar refractivity (Wildman–Crippen MR) is 115 cm³/mol. The number of carbonyl (C=O) groups excluding carboxylic acids is 1. The molecule has 0 aliphatic heterocycles. The molecule has 8 heteroatoms. The van der Waals surface area contributed by atoms with Crippen molar-refractivity contribution in [3.05, 3.63) is 65.9 Å². The molecule has 0 aliphatic carbocycles. The molecular weight excluding hydrogens is 394 g/mol. The van der Waals surface area contributed by atoms with Gasteiger partial charge in [-0.15, -0.1) is 10.2 Å². The lowest BCUT2D eigenvalue weighted by Gasteiger charge is -2.09. The lowest BCUT2D eigenvalue weighted by atomic mass is 10.0. The Bertz CT molecular complexity index is 1160. The van der Waals surface area contributed by atoms with Gasteiger partial charge in [-0.25, -0.2) is 0 Å². The third kappa shape index (κ3) is 4.85. The van der Waals surface area contributed by atoms with Crippen molar-refractivity contribution < 1.29 is 13.7 Å². The number of nitrogens with one attached hydrogen (secondary N) is 1. The minimum Gasteiger partial charge on any atom is -0.423 e. The van der Waals surface area contributed by atoms with Gasteiger partial charge in [0.15, 0.2) is 0 Å². The molecule has 158 valence electrons. The summed E-state index contributed by atoms with van der Waals surface area (Å²) >= 11 is 0. The molecule has 8 nitrogen and oxygen atoms in total. The van der Waals surface area contributed by atoms with Gasteiger partial charge in [-0.05, 0) is 36.1 Å². The molecule has 31 heavy (non-hydrogen) atoms. The molecule has 0 atom stereocenters. The van der Waals surface area contributed by atoms with E-state index in [0.717, 1.165) is 16.7 Å². The minimum atomic E-state index is -0.146. The van der Waals surface area contributed by atoms with Gasteiger partial charge in [0.1, 0.15) is 0 Å². The highest BCUT2D eigenvalue weighted by Gasteiger charge is 2.13. The maximum atomic E-state index is 12.5. The van der Waals surface area contributed by atoms with E-state index in [-0.39, 0.29) is 12.3 Å². The summed E-state index contributed by atoms with van der Waals surface area (Å²) in [7, 11) is 0. The van der Waals surface area contributed by atoms with Crippen molar-refractivity contribution in [2.45, 2.75) is 39.5 Å². The van der Waals surface area contributed by atoms with E-state index in [1.54, 1.807) is 0 Å². The summed E-state index contributed by atoms with van der Waals surface area (Å²) in [5, 5.41) is 14.5. The molecule has 1 amide bonds. The van der Waals surface area contributed by atoms with Crippen LogP contribution in [0.5, 0.6) is 0 Å². The fourth-order valence-corrected chi connectivity index (χ4v) is 3.11. The molecule has 0 radical (unpaired) electrons. The van der Waals surface area contributed by atoms with Crippen LogP contribution in [0.1, 0.15) is 43.2 Å². The smallest absolute Gasteiger partial charge is 0.247 e. The van der Waals surface area contributed by atoms with Gasteiger partial charge in [0.2, 0.25) is 29.9 Å². The monoisotopic (exact) mass is 417 g/mol. The summed E-state index contributed by atoms with van der Waals surface area (Å²) in [6.07, 6.45) is 1.84. The van der Waals surface area contributed by atoms with Crippen LogP contribution < -0.4 is 5.32 Å². The lowest BCUT2D eigenvalue weighted by molar-refractivity contribution is -0.116. The van der Waals surface area contributed by atoms with Crippen LogP contribution in [-0.4, -0.2) is 26.2 Å². The molecule has 2 heterocycles. The minimum absolute atomic E-state index is 0.146. The lowest BCUT2D eigenvalue weighted by Crippen LogP contribution is -2.13. The molecule has 0 fully saturated rings. The molecule has 0 unspecified atom stereocenters. The number of anilines is 1. The van der Waals surface area contributed by atoms with Crippen molar-refractivity contribution in [2.75, 3.05) is 5.32 Å². The number of benzene rings is 2. The Morgan fingerprint density at radius 3 is 2.58 bits per heavy atom. The SMILES string of the molecule is Cc1ccc(-c2nnco2)cc1NC(=O)CCc1nc(-c2ccc(C(C)C)cc2)no1. The van der Waals surface area contributed by atoms with Gasteiger partial charge >= 0.3 is 0 Å². The van der Waals surface area contributed by atoms with Crippen LogP contribution in [0.4, 0.5) is 5.69 Å². The summed E-state index contributed by atoms with van der Waals surface area (Å²) in [6.45, 7) is 6.22. The van der Waals surface area contributed by atoms with Crippen LogP contribution in [0.2, 0.25) is 0 Å². The number of carbonyl (C=O) groups is 1. The van der Waals surface area contributed by atoms with E-state index in [2.05, 4.69) is 51.6 Å². The topological polar surface area (TPSA) is 107 Å². The van der Waals surface area contributed by atoms with Crippen LogP contribution in [-0.2, 0) is 11.2 Å². The van der Waals surface area contributed by atoms with Crippen molar-refractivity contribution in [1.29, 1.82) is 0 Å². The van der Waals surface area contributed by atoms with Gasteiger partial charge in [-0.1, -0.05) is 49.3 Å². The molecule has 0 aliphatic rings. The van der Waals surface area contributed by atoms with E-state index in [9.17, 15) is 4.79 Å². The Labute approximate surface area is 179 Å². The summed E-state index contributed by atoms with van der Waals surface area (Å²) in [5.74, 6) is 1.66. The van der Waals surface area contributed by atoms with Gasteiger partial charge in [-0.2, -0.15) is 4.98 Å². The zero-order chi connectivity index (χ0) is 21.8. The van der Waals surface area contributed by atoms with Gasteiger partial charge < -0.3 is 14.3 Å². The van der Waals surface area contributed by atoms with E-state index in [4.69, 9.17) is 8.94 Å². The number of nitrogens with zero attached hydrogens (tertiary/aromatic N) is 4. The van der Waals surface area contributed by atoms with Crippen LogP contribution in [0.3, 0.4) is 0 Å². The molecule has 0 spiro atoms. The molecule has 0 saturated heterocycles. The molecule has 2 aromatic heterocycles. The zero-order valence-corrected chi connectivity index (χ0v) is 17.6. The average Bonchev–Trinajstić information content (AvgIpc) is 3.46. The van der Waals surface area contributed by atoms with Gasteiger partial charge in [0.25, 0.3) is 0 Å². The van der Waals surface area contributed by atoms with Gasteiger partial charge in [0, 0.05) is 29.7 Å². The van der Waals surface area contributed by atoms with Crippen LogP contribution >= 0.6 is 0 Å². The molecule has 0 bridgehead atoms. The first-order chi connectivity index (χ1) is 15.0. The van der Waals surface area contributed by atoms with E-state index < -0.39 is 0 Å². The molecule has 2 aromatic carbocycles. The Morgan fingerprint density at radius 1 is 1.10 bits per heavy atom. The number of hydrogen-bond donors (Lipinski definition) is 1. The molecule has 1 N–H and O–H groups in total. The second-order valence-corrected chi connectivity index (χ2v) is 7.61. The number of rotatable bonds is 7. The van der Waals surface area contributed by atoms with Crippen molar-refractivity contribution >= 4 is 11.6 Å². The number of hydrogen-bond acceptors (Lipinski definition) is 7. The molecule has 4 rings (SSSR count). The van der Waals surface area contributed by atoms with Gasteiger partial charge in [0.05, 0.1) is 0 Å². The van der Waals surface area contributed by atoms with E-state index >= 15 is 0 Å². The van der Waals surface area contributed by atoms with Crippen LogP contribution in [0.25, 0.3) is 22.8 Å². The summed E-state index contributed by atoms with van der Waals surface area (Å²) in [6, 6.07) is 13.7. The Balaban J connectivity index is 1.37. The summed E-state index contributed by atoms with van der Waals surface area (Å²) in [5.41, 5.74) is 4.50. The highest BCUT2D eigenvalue weighted by Crippen LogP contribution is 2.24. The quantitative estimate of drug-likeness (QED) is 0.461. The Hall–Kier alpha value is -3.81. The molecule has 4 aromatic rings. The highest BCUT2D eigenvalue weighted by molar-refractivity contribution is 5.92. The first-order valence-corrected chi connectivity index (χ1v) is 10.1. The summed E-state index contributed by atoms with van der Waals surface area (Å²) in [4.78, 5) is 16.9. The first kappa shape index (κ1) is 20.5. The number of aryl methyl sites for hydroxylation is 2. The van der Waals surface area contributed by atoms with Crippen molar-refractivity contribution in [2.24, 2.45) is 0 Å². The maximum Gasteiger partial charge on any atom is 0.247 e. The Morgan fingerprint density at radius 2 is 1.87 bits per heavy atom. The Kier molecular flexibility index (Phi) is 5.88. The highest BCUT2D eigenvalue weighted by atomic mass is 16.5. The number of amides is 1. The zero-order valence-electron chi connectivity index (χ0n) is 17.6. The fraction of sp³-hybridized carbons (Fsp3) is 0.261. The second-order valence-electron chi connectivity index (χ2n) is 7.61. The van der Waals surface area contributed by atoms with Crippen molar-refractivity contribution in [3.63, 3.8) is 0 Å². The normalized spacial score (nSPS) is 11.1. The fourth-order valence-electron chi connectivity index (χ4n) is 3.11. The number of aromatic nitrogens is 4. The van der Waals surface area contributed by atoms with Crippen LogP contribution in [0, 0.1) is 6.92 Å². The average molecular weight is 417 g/mol. The van der Waals surface area contributed by atoms with Gasteiger partial charge in [-0.3, -0.25) is 4.79 Å². The standard InChI is InChI=1S/C23H23N5O3/c1-14(2)16-6-8-17(9-7-16)22-26-21(31-28-22)11-10-20(29)25-19-12-18(5-4-15(19)3)23-27-24-13-30-23/h4-9,12-14H,10-11H2,1-3H3,(H,25,29). The van der Waals surface area contributed by atoms with E-state index in [1.165, 1.54) is 12.0 Å². The van der Waals surface area contributed by atoms with E-state index in [0.29, 0.717) is 35.6 Å². The summed E-state index contributed by atoms with van der Waals surface area (Å²) < 4.78 is 10.5. The predicted octanol–water partition coefficient (Wildman–Crippen LogP) is 4.79. The molecular formula is C23H23N5O3. The third-order valence-corrected chi connectivity index (χ3v) is 4.99. The second kappa shape index (κ2) is 8.91. The molecule has 0 saturated carbocycles. The van der Waals surface area contributed by atoms with Crippen LogP contribution in [0.15, 0.2) is 57.8 Å². The third-order valence-electron chi connectivity index (χ3n) is 4.99. The van der Waals surface area contributed by atoms with Crippen molar-refractivity contribution in [3.8, 4) is 22.8 Å². The van der Waals surface area contributed by atoms with Crippen molar-refractivity contribution in [1.82, 2.24) is 20.3 Å². The first-order valence-electron chi connectivity index (χ1n) is 10.1.